The van der Waals surface area contributed by atoms with Crippen molar-refractivity contribution in [3.63, 3.8) is 0 Å². The van der Waals surface area contributed by atoms with Crippen LogP contribution >= 0.6 is 15.9 Å². The molecule has 0 aromatic heterocycles. The van der Waals surface area contributed by atoms with Gasteiger partial charge in [-0.05, 0) is 55.9 Å². The smallest absolute Gasteiger partial charge is 0.152 e. The van der Waals surface area contributed by atoms with Crippen LogP contribution in [0.15, 0.2) is 29.3 Å². The zero-order valence-electron chi connectivity index (χ0n) is 12.0. The van der Waals surface area contributed by atoms with Gasteiger partial charge in [-0.15, -0.1) is 0 Å². The molecule has 0 spiro atoms. The van der Waals surface area contributed by atoms with Gasteiger partial charge in [-0.3, -0.25) is 4.79 Å². The topological polar surface area (TPSA) is 17.1 Å². The van der Waals surface area contributed by atoms with E-state index in [-0.39, 0.29) is 5.78 Å². The molecule has 1 aromatic carbocycles. The Morgan fingerprint density at radius 1 is 1.39 bits per heavy atom. The van der Waals surface area contributed by atoms with Gasteiger partial charge >= 0.3 is 0 Å². The quantitative estimate of drug-likeness (QED) is 0.689. The Kier molecular flexibility index (Phi) is 7.85. The van der Waals surface area contributed by atoms with Crippen LogP contribution in [0.2, 0.25) is 0 Å². The fraction of sp³-hybridized carbons (Fsp3) is 0.438. The van der Waals surface area contributed by atoms with Crippen molar-refractivity contribution in [1.82, 2.24) is 0 Å². The molecule has 0 amide bonds. The number of hydrogen-bond donors (Lipinski definition) is 0. The van der Waals surface area contributed by atoms with Crippen molar-refractivity contribution in [3.05, 3.63) is 46.0 Å². The Bertz CT molecular complexity index is 398. The van der Waals surface area contributed by atoms with Gasteiger partial charge in [0, 0.05) is 4.47 Å². The molecule has 1 nitrogen and oxygen atoms in total. The average Bonchev–Trinajstić information content (AvgIpc) is 2.34. The summed E-state index contributed by atoms with van der Waals surface area (Å²) in [6, 6.07) is 4.57. The van der Waals surface area contributed by atoms with E-state index in [1.807, 2.05) is 0 Å². The summed E-state index contributed by atoms with van der Waals surface area (Å²) in [7, 11) is 0. The number of benzene rings is 1. The lowest BCUT2D eigenvalue weighted by Gasteiger charge is -2.12. The number of carbonyl (C=O) groups excluding carboxylic acids is 1. The molecule has 0 fully saturated rings. The van der Waals surface area contributed by atoms with E-state index < -0.39 is 0 Å². The Morgan fingerprint density at radius 2 is 1.78 bits per heavy atom. The average molecular weight is 311 g/mol. The van der Waals surface area contributed by atoms with E-state index in [2.05, 4.69) is 62.3 Å². The van der Waals surface area contributed by atoms with E-state index in [9.17, 15) is 4.79 Å². The van der Waals surface area contributed by atoms with Crippen molar-refractivity contribution in [2.45, 2.75) is 47.0 Å². The number of hydrogen-bond acceptors (Lipinski definition) is 1. The van der Waals surface area contributed by atoms with Crippen molar-refractivity contribution in [1.29, 1.82) is 0 Å². The van der Waals surface area contributed by atoms with E-state index in [0.717, 1.165) is 0 Å². The van der Waals surface area contributed by atoms with Crippen LogP contribution in [0.1, 0.15) is 49.8 Å². The normalized spacial score (nSPS) is 11.2. The summed E-state index contributed by atoms with van der Waals surface area (Å²) in [6.45, 7) is 13.5. The predicted molar refractivity (Wildman–Crippen MR) is 83.2 cm³/mol. The van der Waals surface area contributed by atoms with E-state index in [4.69, 9.17) is 0 Å². The number of carbonyl (C=O) groups is 1. The fourth-order valence-electron chi connectivity index (χ4n) is 1.50. The van der Waals surface area contributed by atoms with Gasteiger partial charge in [-0.1, -0.05) is 48.5 Å². The molecule has 2 heteroatoms. The van der Waals surface area contributed by atoms with Crippen LogP contribution in [0.5, 0.6) is 0 Å². The molecule has 1 aromatic rings. The second-order valence-electron chi connectivity index (χ2n) is 4.59. The molecule has 0 aliphatic carbocycles. The Hall–Kier alpha value is -0.890. The molecular formula is C16H23BrO. The molecule has 0 aliphatic heterocycles. The summed E-state index contributed by atoms with van der Waals surface area (Å²) in [5, 5.41) is 0. The maximum atomic E-state index is 9.69. The van der Waals surface area contributed by atoms with Gasteiger partial charge < -0.3 is 0 Å². The summed E-state index contributed by atoms with van der Waals surface area (Å²) >= 11 is 3.58. The second-order valence-corrected chi connectivity index (χ2v) is 5.39. The fourth-order valence-corrected chi connectivity index (χ4v) is 1.73. The first-order valence-electron chi connectivity index (χ1n) is 6.23. The number of ketones is 1. The molecular weight excluding hydrogens is 288 g/mol. The van der Waals surface area contributed by atoms with Crippen LogP contribution in [0.25, 0.3) is 0 Å². The minimum atomic E-state index is 0.0185. The first kappa shape index (κ1) is 17.1. The van der Waals surface area contributed by atoms with Gasteiger partial charge in [-0.25, -0.2) is 0 Å². The minimum absolute atomic E-state index is 0.0185. The van der Waals surface area contributed by atoms with Gasteiger partial charge in [0.15, 0.2) is 5.78 Å². The third kappa shape index (κ3) is 5.63. The molecule has 0 saturated carbocycles. The first-order valence-corrected chi connectivity index (χ1v) is 7.02. The van der Waals surface area contributed by atoms with Crippen molar-refractivity contribution >= 4 is 21.7 Å². The summed E-state index contributed by atoms with van der Waals surface area (Å²) in [6.07, 6.45) is 2.49. The zero-order valence-corrected chi connectivity index (χ0v) is 13.6. The number of allylic oxidation sites excluding steroid dienone is 1. The van der Waals surface area contributed by atoms with E-state index in [1.54, 1.807) is 0 Å². The molecule has 100 valence electrons. The zero-order chi connectivity index (χ0) is 14.3. The SMILES string of the molecule is C=CC(C)=O.CCC(C)c1cc(C)c(Br)c(C)c1. The standard InChI is InChI=1S/C12H17Br.C4H6O/c1-5-8(2)11-6-9(3)12(13)10(4)7-11;1-3-4(2)5/h6-8H,5H2,1-4H3;3H,1H2,2H3. The third-order valence-corrected chi connectivity index (χ3v) is 4.18. The van der Waals surface area contributed by atoms with Crippen molar-refractivity contribution in [2.24, 2.45) is 0 Å². The summed E-state index contributed by atoms with van der Waals surface area (Å²) in [5.41, 5.74) is 4.14. The highest BCUT2D eigenvalue weighted by Gasteiger charge is 2.06. The lowest BCUT2D eigenvalue weighted by Crippen LogP contribution is -1.94. The summed E-state index contributed by atoms with van der Waals surface area (Å²) in [4.78, 5) is 9.69. The second kappa shape index (κ2) is 8.25. The van der Waals surface area contributed by atoms with Gasteiger partial charge in [0.1, 0.15) is 0 Å². The van der Waals surface area contributed by atoms with Crippen molar-refractivity contribution < 1.29 is 4.79 Å². The number of rotatable bonds is 3. The van der Waals surface area contributed by atoms with Crippen LogP contribution < -0.4 is 0 Å². The van der Waals surface area contributed by atoms with Crippen LogP contribution in [-0.4, -0.2) is 5.78 Å². The third-order valence-electron chi connectivity index (χ3n) is 2.93. The first-order chi connectivity index (χ1) is 8.33. The summed E-state index contributed by atoms with van der Waals surface area (Å²) < 4.78 is 1.25. The van der Waals surface area contributed by atoms with Gasteiger partial charge in [-0.2, -0.15) is 0 Å². The molecule has 18 heavy (non-hydrogen) atoms. The van der Waals surface area contributed by atoms with E-state index >= 15 is 0 Å². The number of aryl methyl sites for hydroxylation is 2. The van der Waals surface area contributed by atoms with E-state index in [1.165, 1.54) is 40.6 Å². The van der Waals surface area contributed by atoms with Crippen LogP contribution in [0, 0.1) is 13.8 Å². The van der Waals surface area contributed by atoms with Gasteiger partial charge in [0.05, 0.1) is 0 Å². The largest absolute Gasteiger partial charge is 0.295 e. The lowest BCUT2D eigenvalue weighted by atomic mass is 9.95. The van der Waals surface area contributed by atoms with E-state index in [0.29, 0.717) is 5.92 Å². The molecule has 0 heterocycles. The molecule has 1 atom stereocenters. The Labute approximate surface area is 119 Å². The molecule has 0 N–H and O–H groups in total. The lowest BCUT2D eigenvalue weighted by molar-refractivity contribution is -0.112. The van der Waals surface area contributed by atoms with Crippen LogP contribution in [-0.2, 0) is 4.79 Å². The molecule has 1 rings (SSSR count). The predicted octanol–water partition coefficient (Wildman–Crippen LogP) is 5.34. The van der Waals surface area contributed by atoms with Crippen molar-refractivity contribution in [3.8, 4) is 0 Å². The minimum Gasteiger partial charge on any atom is -0.295 e. The maximum absolute atomic E-state index is 9.69. The van der Waals surface area contributed by atoms with Crippen LogP contribution in [0.3, 0.4) is 0 Å². The molecule has 0 aliphatic rings. The van der Waals surface area contributed by atoms with Gasteiger partial charge in [0.25, 0.3) is 0 Å². The molecule has 0 saturated heterocycles. The highest BCUT2D eigenvalue weighted by atomic mass is 79.9. The summed E-state index contributed by atoms with van der Waals surface area (Å²) in [5.74, 6) is 0.690. The van der Waals surface area contributed by atoms with Crippen LogP contribution in [0.4, 0.5) is 0 Å². The maximum Gasteiger partial charge on any atom is 0.152 e. The highest BCUT2D eigenvalue weighted by molar-refractivity contribution is 9.10. The highest BCUT2D eigenvalue weighted by Crippen LogP contribution is 2.27. The molecule has 1 unspecified atom stereocenters. The Balaban J connectivity index is 0.000000494. The Morgan fingerprint density at radius 3 is 2.06 bits per heavy atom. The number of halogens is 1. The monoisotopic (exact) mass is 310 g/mol. The van der Waals surface area contributed by atoms with Gasteiger partial charge in [0.2, 0.25) is 0 Å². The van der Waals surface area contributed by atoms with Crippen molar-refractivity contribution in [2.75, 3.05) is 0 Å². The molecule has 0 radical (unpaired) electrons. The molecule has 0 bridgehead atoms.